The summed E-state index contributed by atoms with van der Waals surface area (Å²) in [5.41, 5.74) is -4.28. The van der Waals surface area contributed by atoms with Gasteiger partial charge in [-0.15, -0.1) is 0 Å². The predicted octanol–water partition coefficient (Wildman–Crippen LogP) is 7.40. The normalized spacial score (nSPS) is 12.3. The molecule has 0 spiro atoms. The third kappa shape index (κ3) is 4.28. The molecule has 0 N–H and O–H groups in total. The lowest BCUT2D eigenvalue weighted by molar-refractivity contribution is -0.141. The van der Waals surface area contributed by atoms with Gasteiger partial charge in [0.2, 0.25) is 0 Å². The summed E-state index contributed by atoms with van der Waals surface area (Å²) in [7, 11) is 0. The summed E-state index contributed by atoms with van der Waals surface area (Å²) in [4.78, 5) is 12.5. The Morgan fingerprint density at radius 3 is 2.00 bits per heavy atom. The van der Waals surface area contributed by atoms with Gasteiger partial charge in [-0.2, -0.15) is 26.3 Å². The fraction of sp³-hybridized carbons (Fsp3) is 0.105. The predicted molar refractivity (Wildman–Crippen MR) is 95.4 cm³/mol. The van der Waals surface area contributed by atoms with Crippen LogP contribution < -0.4 is 4.74 Å². The van der Waals surface area contributed by atoms with E-state index < -0.39 is 35.0 Å². The smallest absolute Gasteiger partial charge is 0.417 e. The van der Waals surface area contributed by atoms with E-state index in [4.69, 9.17) is 27.9 Å². The number of fused-ring (bicyclic) bond motifs is 1. The molecule has 0 aromatic heterocycles. The minimum Gasteiger partial charge on any atom is -0.421 e. The van der Waals surface area contributed by atoms with Gasteiger partial charge >= 0.3 is 18.3 Å². The first-order chi connectivity index (χ1) is 13.4. The largest absolute Gasteiger partial charge is 0.421 e. The zero-order valence-electron chi connectivity index (χ0n) is 14.0. The zero-order chi connectivity index (χ0) is 21.6. The van der Waals surface area contributed by atoms with Crippen LogP contribution in [0.1, 0.15) is 21.5 Å². The van der Waals surface area contributed by atoms with Crippen LogP contribution in [0.15, 0.2) is 48.5 Å². The van der Waals surface area contributed by atoms with E-state index >= 15 is 0 Å². The molecule has 0 radical (unpaired) electrons. The van der Waals surface area contributed by atoms with E-state index in [1.54, 1.807) is 12.1 Å². The molecule has 0 aliphatic carbocycles. The van der Waals surface area contributed by atoms with E-state index in [-0.39, 0.29) is 39.4 Å². The van der Waals surface area contributed by atoms with Crippen molar-refractivity contribution in [3.8, 4) is 5.75 Å². The summed E-state index contributed by atoms with van der Waals surface area (Å²) in [6.07, 6.45) is -10.0. The molecule has 3 rings (SSSR count). The van der Waals surface area contributed by atoms with Crippen LogP contribution in [0.2, 0.25) is 10.0 Å². The molecule has 152 valence electrons. The molecule has 0 aliphatic heterocycles. The monoisotopic (exact) mass is 452 g/mol. The fourth-order valence-corrected chi connectivity index (χ4v) is 3.24. The molecule has 10 heteroatoms. The van der Waals surface area contributed by atoms with Crippen molar-refractivity contribution in [1.82, 2.24) is 0 Å². The van der Waals surface area contributed by atoms with E-state index in [0.29, 0.717) is 5.39 Å². The van der Waals surface area contributed by atoms with Gasteiger partial charge < -0.3 is 4.74 Å². The first-order valence-corrected chi connectivity index (χ1v) is 8.52. The maximum atomic E-state index is 13.2. The second kappa shape index (κ2) is 7.42. The molecule has 29 heavy (non-hydrogen) atoms. The number of hydrogen-bond donors (Lipinski definition) is 0. The molecule has 0 aliphatic rings. The molecule has 2 nitrogen and oxygen atoms in total. The van der Waals surface area contributed by atoms with Crippen LogP contribution in [0, 0.1) is 0 Å². The van der Waals surface area contributed by atoms with Crippen LogP contribution in [-0.4, -0.2) is 5.97 Å². The molecule has 0 fully saturated rings. The molecule has 0 heterocycles. The summed E-state index contributed by atoms with van der Waals surface area (Å²) in [5, 5.41) is 0.600. The highest BCUT2D eigenvalue weighted by molar-refractivity contribution is 6.40. The highest BCUT2D eigenvalue weighted by Gasteiger charge is 2.39. The Morgan fingerprint density at radius 2 is 1.41 bits per heavy atom. The summed E-state index contributed by atoms with van der Waals surface area (Å²) in [5.74, 6) is -1.96. The summed E-state index contributed by atoms with van der Waals surface area (Å²) < 4.78 is 83.5. The first-order valence-electron chi connectivity index (χ1n) is 7.77. The van der Waals surface area contributed by atoms with Crippen molar-refractivity contribution in [1.29, 1.82) is 0 Å². The van der Waals surface area contributed by atoms with Gasteiger partial charge in [0.1, 0.15) is 0 Å². The molecule has 0 saturated heterocycles. The van der Waals surface area contributed by atoms with Gasteiger partial charge in [-0.1, -0.05) is 47.5 Å². The number of benzene rings is 3. The number of rotatable bonds is 2. The Bertz CT molecular complexity index is 1110. The van der Waals surface area contributed by atoms with Crippen LogP contribution in [0.5, 0.6) is 5.75 Å². The molecule has 0 saturated carbocycles. The summed E-state index contributed by atoms with van der Waals surface area (Å²) in [6, 6.07) is 7.89. The number of carbonyl (C=O) groups is 1. The molecule has 0 bridgehead atoms. The molecule has 3 aromatic rings. The lowest BCUT2D eigenvalue weighted by Crippen LogP contribution is -2.19. The summed E-state index contributed by atoms with van der Waals surface area (Å²) >= 11 is 12.1. The van der Waals surface area contributed by atoms with Gasteiger partial charge in [-0.25, -0.2) is 4.79 Å². The van der Waals surface area contributed by atoms with Gasteiger partial charge in [0.15, 0.2) is 5.75 Å². The molecule has 3 aromatic carbocycles. The minimum atomic E-state index is -5.08. The summed E-state index contributed by atoms with van der Waals surface area (Å²) in [6.45, 7) is 0. The standard InChI is InChI=1S/C19H8Cl2F6O2/c20-14-8-15(21)16(11-4-2-1-3-10(11)14)29-17(28)12-7-9(18(22,23)24)5-6-13(12)19(25,26)27/h1-8H. The van der Waals surface area contributed by atoms with E-state index in [1.165, 1.54) is 18.2 Å². The quantitative estimate of drug-likeness (QED) is 0.230. The maximum absolute atomic E-state index is 13.2. The zero-order valence-corrected chi connectivity index (χ0v) is 15.5. The lowest BCUT2D eigenvalue weighted by atomic mass is 10.0. The Balaban J connectivity index is 2.14. The SMILES string of the molecule is O=C(Oc1c(Cl)cc(Cl)c2ccccc12)c1cc(C(F)(F)F)ccc1C(F)(F)F. The van der Waals surface area contributed by atoms with Crippen molar-refractivity contribution in [2.75, 3.05) is 0 Å². The molecular formula is C19H8Cl2F6O2. The maximum Gasteiger partial charge on any atom is 0.417 e. The third-order valence-corrected chi connectivity index (χ3v) is 4.56. The highest BCUT2D eigenvalue weighted by atomic mass is 35.5. The first kappa shape index (κ1) is 21.3. The highest BCUT2D eigenvalue weighted by Crippen LogP contribution is 2.40. The second-order valence-electron chi connectivity index (χ2n) is 5.86. The van der Waals surface area contributed by atoms with Crippen molar-refractivity contribution in [3.63, 3.8) is 0 Å². The second-order valence-corrected chi connectivity index (χ2v) is 6.67. The van der Waals surface area contributed by atoms with Crippen LogP contribution >= 0.6 is 23.2 Å². The Morgan fingerprint density at radius 1 is 0.793 bits per heavy atom. The number of carbonyl (C=O) groups excluding carboxylic acids is 1. The van der Waals surface area contributed by atoms with Crippen LogP contribution in [0.3, 0.4) is 0 Å². The van der Waals surface area contributed by atoms with Crippen molar-refractivity contribution in [2.45, 2.75) is 12.4 Å². The van der Waals surface area contributed by atoms with Crippen LogP contribution in [0.25, 0.3) is 10.8 Å². The minimum absolute atomic E-state index is 0.0944. The lowest BCUT2D eigenvalue weighted by Gasteiger charge is -2.16. The number of esters is 1. The van der Waals surface area contributed by atoms with Crippen LogP contribution in [0.4, 0.5) is 26.3 Å². The Hall–Kier alpha value is -2.45. The van der Waals surface area contributed by atoms with E-state index in [9.17, 15) is 31.1 Å². The van der Waals surface area contributed by atoms with Gasteiger partial charge in [-0.05, 0) is 24.3 Å². The number of hydrogen-bond acceptors (Lipinski definition) is 2. The van der Waals surface area contributed by atoms with Crippen molar-refractivity contribution < 1.29 is 35.9 Å². The van der Waals surface area contributed by atoms with E-state index in [0.717, 1.165) is 0 Å². The molecular weight excluding hydrogens is 445 g/mol. The van der Waals surface area contributed by atoms with Crippen molar-refractivity contribution in [2.24, 2.45) is 0 Å². The fourth-order valence-electron chi connectivity index (χ4n) is 2.66. The van der Waals surface area contributed by atoms with Gasteiger partial charge in [-0.3, -0.25) is 0 Å². The van der Waals surface area contributed by atoms with E-state index in [2.05, 4.69) is 0 Å². The Labute approximate surface area is 169 Å². The molecule has 0 atom stereocenters. The average molecular weight is 453 g/mol. The van der Waals surface area contributed by atoms with Crippen LogP contribution in [-0.2, 0) is 12.4 Å². The van der Waals surface area contributed by atoms with Gasteiger partial charge in [0.25, 0.3) is 0 Å². The van der Waals surface area contributed by atoms with Gasteiger partial charge in [0.05, 0.1) is 26.7 Å². The molecule has 0 unspecified atom stereocenters. The van der Waals surface area contributed by atoms with E-state index in [1.807, 2.05) is 0 Å². The molecule has 0 amide bonds. The van der Waals surface area contributed by atoms with Crippen molar-refractivity contribution in [3.05, 3.63) is 75.3 Å². The number of alkyl halides is 6. The average Bonchev–Trinajstić information content (AvgIpc) is 2.63. The Kier molecular flexibility index (Phi) is 5.44. The topological polar surface area (TPSA) is 26.3 Å². The van der Waals surface area contributed by atoms with Crippen molar-refractivity contribution >= 4 is 39.9 Å². The van der Waals surface area contributed by atoms with Gasteiger partial charge in [0, 0.05) is 10.8 Å². The third-order valence-electron chi connectivity index (χ3n) is 3.97. The number of halogens is 8. The number of ether oxygens (including phenoxy) is 1.